The second kappa shape index (κ2) is 7.56. The van der Waals surface area contributed by atoms with Gasteiger partial charge in [-0.15, -0.1) is 0 Å². The first-order valence-corrected chi connectivity index (χ1v) is 9.80. The zero-order valence-electron chi connectivity index (χ0n) is 16.6. The number of H-pyrrole nitrogens is 1. The van der Waals surface area contributed by atoms with Gasteiger partial charge in [-0.2, -0.15) is 5.10 Å². The molecule has 0 bridgehead atoms. The van der Waals surface area contributed by atoms with Crippen molar-refractivity contribution in [3.8, 4) is 16.9 Å². The van der Waals surface area contributed by atoms with Gasteiger partial charge < -0.3 is 0 Å². The van der Waals surface area contributed by atoms with Crippen molar-refractivity contribution in [2.75, 3.05) is 0 Å². The molecule has 0 aliphatic carbocycles. The third-order valence-corrected chi connectivity index (χ3v) is 5.35. The maximum Gasteiger partial charge on any atom is 0.264 e. The standard InChI is InChI=1S/C21H19F2N5OS/c1-4-27-12(3)15(10-24-27)16-9-14(18(22)23)17-19(25-16)28(21(30)26-20(17)29)13-7-5-6-11(2)8-13/h5-10,18H,4H2,1-3H3,(H,26,29,30). The van der Waals surface area contributed by atoms with Gasteiger partial charge in [0.15, 0.2) is 10.4 Å². The Kier molecular flexibility index (Phi) is 5.07. The molecule has 154 valence electrons. The zero-order chi connectivity index (χ0) is 21.6. The van der Waals surface area contributed by atoms with Crippen molar-refractivity contribution in [1.82, 2.24) is 24.3 Å². The zero-order valence-corrected chi connectivity index (χ0v) is 17.4. The Bertz CT molecular complexity index is 1390. The lowest BCUT2D eigenvalue weighted by Gasteiger charge is -2.15. The first-order chi connectivity index (χ1) is 14.3. The second-order valence-electron chi connectivity index (χ2n) is 6.99. The Hall–Kier alpha value is -3.20. The number of aromatic nitrogens is 5. The normalized spacial score (nSPS) is 11.5. The highest BCUT2D eigenvalue weighted by atomic mass is 32.1. The van der Waals surface area contributed by atoms with Crippen LogP contribution in [-0.2, 0) is 6.54 Å². The van der Waals surface area contributed by atoms with Gasteiger partial charge in [0.1, 0.15) is 0 Å². The maximum atomic E-state index is 14.0. The van der Waals surface area contributed by atoms with Crippen molar-refractivity contribution in [2.24, 2.45) is 0 Å². The maximum absolute atomic E-state index is 14.0. The summed E-state index contributed by atoms with van der Waals surface area (Å²) in [5.41, 5.74) is 2.34. The molecule has 3 heterocycles. The summed E-state index contributed by atoms with van der Waals surface area (Å²) in [7, 11) is 0. The molecular weight excluding hydrogens is 408 g/mol. The van der Waals surface area contributed by atoms with Gasteiger partial charge >= 0.3 is 0 Å². The Morgan fingerprint density at radius 2 is 2.00 bits per heavy atom. The molecule has 0 fully saturated rings. The Morgan fingerprint density at radius 3 is 2.63 bits per heavy atom. The molecule has 0 aliphatic heterocycles. The van der Waals surface area contributed by atoms with Crippen LogP contribution in [0.3, 0.4) is 0 Å². The van der Waals surface area contributed by atoms with E-state index in [1.165, 1.54) is 10.6 Å². The van der Waals surface area contributed by atoms with E-state index in [1.807, 2.05) is 39.0 Å². The van der Waals surface area contributed by atoms with Gasteiger partial charge in [-0.1, -0.05) is 12.1 Å². The summed E-state index contributed by atoms with van der Waals surface area (Å²) in [5.74, 6) is 0. The summed E-state index contributed by atoms with van der Waals surface area (Å²) in [6.07, 6.45) is -1.26. The van der Waals surface area contributed by atoms with Crippen molar-refractivity contribution >= 4 is 23.3 Å². The van der Waals surface area contributed by atoms with Crippen molar-refractivity contribution in [2.45, 2.75) is 33.7 Å². The van der Waals surface area contributed by atoms with Gasteiger partial charge in [0, 0.05) is 23.4 Å². The largest absolute Gasteiger partial charge is 0.298 e. The minimum absolute atomic E-state index is 0.0870. The van der Waals surface area contributed by atoms with Gasteiger partial charge in [-0.3, -0.25) is 19.0 Å². The fraction of sp³-hybridized carbons (Fsp3) is 0.238. The van der Waals surface area contributed by atoms with Crippen LogP contribution in [0.1, 0.15) is 30.2 Å². The molecule has 0 saturated carbocycles. The molecule has 9 heteroatoms. The van der Waals surface area contributed by atoms with E-state index >= 15 is 0 Å². The van der Waals surface area contributed by atoms with E-state index in [0.29, 0.717) is 23.5 Å². The average Bonchev–Trinajstić information content (AvgIpc) is 3.07. The Labute approximate surface area is 175 Å². The molecular formula is C21H19F2N5OS. The molecule has 30 heavy (non-hydrogen) atoms. The van der Waals surface area contributed by atoms with Gasteiger partial charge in [0.25, 0.3) is 12.0 Å². The van der Waals surface area contributed by atoms with E-state index in [1.54, 1.807) is 16.9 Å². The number of aromatic amines is 1. The van der Waals surface area contributed by atoms with Crippen LogP contribution in [0.15, 0.2) is 41.3 Å². The van der Waals surface area contributed by atoms with Crippen molar-refractivity contribution in [3.05, 3.63) is 68.5 Å². The number of alkyl halides is 2. The van der Waals surface area contributed by atoms with E-state index in [2.05, 4.69) is 15.1 Å². The number of rotatable bonds is 4. The molecule has 0 aliphatic rings. The molecule has 0 amide bonds. The van der Waals surface area contributed by atoms with Crippen molar-refractivity contribution < 1.29 is 8.78 Å². The van der Waals surface area contributed by atoms with E-state index < -0.39 is 17.5 Å². The molecule has 0 unspecified atom stereocenters. The van der Waals surface area contributed by atoms with Gasteiger partial charge in [0.05, 0.1) is 23.0 Å². The molecule has 4 rings (SSSR count). The SMILES string of the molecule is CCn1ncc(-c2cc(C(F)F)c3c(=O)[nH]c(=S)n(-c4cccc(C)c4)c3n2)c1C. The van der Waals surface area contributed by atoms with Crippen LogP contribution in [0.2, 0.25) is 0 Å². The number of nitrogens with zero attached hydrogens (tertiary/aromatic N) is 4. The topological polar surface area (TPSA) is 68.5 Å². The summed E-state index contributed by atoms with van der Waals surface area (Å²) in [6.45, 7) is 6.34. The van der Waals surface area contributed by atoms with Gasteiger partial charge in [-0.25, -0.2) is 13.8 Å². The van der Waals surface area contributed by atoms with Gasteiger partial charge in [0.2, 0.25) is 0 Å². The number of halogens is 2. The molecule has 0 spiro atoms. The predicted molar refractivity (Wildman–Crippen MR) is 114 cm³/mol. The minimum Gasteiger partial charge on any atom is -0.298 e. The van der Waals surface area contributed by atoms with Crippen LogP contribution in [0, 0.1) is 18.6 Å². The molecule has 4 aromatic rings. The molecule has 1 N–H and O–H groups in total. The summed E-state index contributed by atoms with van der Waals surface area (Å²) in [4.78, 5) is 19.7. The lowest BCUT2D eigenvalue weighted by Crippen LogP contribution is -2.17. The monoisotopic (exact) mass is 427 g/mol. The minimum atomic E-state index is -2.86. The number of aryl methyl sites for hydroxylation is 2. The second-order valence-corrected chi connectivity index (χ2v) is 7.38. The highest BCUT2D eigenvalue weighted by Gasteiger charge is 2.22. The first-order valence-electron chi connectivity index (χ1n) is 9.39. The molecule has 6 nitrogen and oxygen atoms in total. The van der Waals surface area contributed by atoms with Crippen molar-refractivity contribution in [1.29, 1.82) is 0 Å². The third kappa shape index (κ3) is 3.24. The number of fused-ring (bicyclic) bond motifs is 1. The number of benzene rings is 1. The number of hydrogen-bond donors (Lipinski definition) is 1. The number of nitrogens with one attached hydrogen (secondary N) is 1. The molecule has 0 saturated heterocycles. The molecule has 0 atom stereocenters. The average molecular weight is 427 g/mol. The van der Waals surface area contributed by atoms with Crippen LogP contribution in [0.5, 0.6) is 0 Å². The Morgan fingerprint density at radius 1 is 1.23 bits per heavy atom. The van der Waals surface area contributed by atoms with Crippen LogP contribution in [-0.4, -0.2) is 24.3 Å². The smallest absolute Gasteiger partial charge is 0.264 e. The summed E-state index contributed by atoms with van der Waals surface area (Å²) < 4.78 is 31.4. The third-order valence-electron chi connectivity index (χ3n) is 5.07. The molecule has 3 aromatic heterocycles. The quantitative estimate of drug-likeness (QED) is 0.471. The van der Waals surface area contributed by atoms with E-state index in [4.69, 9.17) is 12.2 Å². The molecule has 1 aromatic carbocycles. The fourth-order valence-corrected chi connectivity index (χ4v) is 3.88. The van der Waals surface area contributed by atoms with Crippen LogP contribution < -0.4 is 5.56 Å². The number of hydrogen-bond acceptors (Lipinski definition) is 4. The lowest BCUT2D eigenvalue weighted by molar-refractivity contribution is 0.153. The van der Waals surface area contributed by atoms with Crippen LogP contribution >= 0.6 is 12.2 Å². The Balaban J connectivity index is 2.15. The predicted octanol–water partition coefficient (Wildman–Crippen LogP) is 4.88. The fourth-order valence-electron chi connectivity index (χ4n) is 3.59. The molecule has 0 radical (unpaired) electrons. The van der Waals surface area contributed by atoms with Gasteiger partial charge in [-0.05, 0) is 56.8 Å². The number of pyridine rings is 1. The summed E-state index contributed by atoms with van der Waals surface area (Å²) in [5, 5.41) is 4.11. The van der Waals surface area contributed by atoms with Crippen LogP contribution in [0.4, 0.5) is 8.78 Å². The lowest BCUT2D eigenvalue weighted by atomic mass is 10.1. The van der Waals surface area contributed by atoms with E-state index in [9.17, 15) is 13.6 Å². The highest BCUT2D eigenvalue weighted by molar-refractivity contribution is 7.71. The summed E-state index contributed by atoms with van der Waals surface area (Å²) >= 11 is 5.37. The first kappa shape index (κ1) is 20.1. The van der Waals surface area contributed by atoms with E-state index in [0.717, 1.165) is 11.3 Å². The summed E-state index contributed by atoms with van der Waals surface area (Å²) in [6, 6.07) is 8.64. The van der Waals surface area contributed by atoms with Crippen LogP contribution in [0.25, 0.3) is 28.0 Å². The van der Waals surface area contributed by atoms with Crippen molar-refractivity contribution in [3.63, 3.8) is 0 Å². The highest BCUT2D eigenvalue weighted by Crippen LogP contribution is 2.31. The van der Waals surface area contributed by atoms with E-state index in [-0.39, 0.29) is 15.8 Å².